The molecule has 0 radical (unpaired) electrons. The fourth-order valence-corrected chi connectivity index (χ4v) is 4.44. The van der Waals surface area contributed by atoms with Crippen LogP contribution in [0.4, 0.5) is 0 Å². The number of nitrogens with zero attached hydrogens (tertiary/aromatic N) is 3. The molecular weight excluding hydrogens is 416 g/mol. The summed E-state index contributed by atoms with van der Waals surface area (Å²) in [6, 6.07) is 27.7. The maximum absolute atomic E-state index is 6.08. The smallest absolute Gasteiger partial charge is 0.168 e. The topological polar surface area (TPSA) is 56.7 Å². The van der Waals surface area contributed by atoms with Crippen molar-refractivity contribution in [3.8, 4) is 28.5 Å². The van der Waals surface area contributed by atoms with Crippen LogP contribution in [0, 0.1) is 5.92 Å². The van der Waals surface area contributed by atoms with E-state index in [-0.39, 0.29) is 5.41 Å². The lowest BCUT2D eigenvalue weighted by molar-refractivity contribution is 0.504. The minimum Gasteiger partial charge on any atom is -0.330 e. The van der Waals surface area contributed by atoms with Gasteiger partial charge in [-0.2, -0.15) is 0 Å². The van der Waals surface area contributed by atoms with Crippen LogP contribution in [0.3, 0.4) is 0 Å². The molecule has 1 unspecified atom stereocenters. The van der Waals surface area contributed by atoms with E-state index in [9.17, 15) is 0 Å². The van der Waals surface area contributed by atoms with Crippen LogP contribution >= 0.6 is 0 Å². The van der Waals surface area contributed by atoms with E-state index in [1.165, 1.54) is 11.1 Å². The van der Waals surface area contributed by atoms with Crippen molar-refractivity contribution in [2.45, 2.75) is 52.4 Å². The zero-order valence-electron chi connectivity index (χ0n) is 21.0. The maximum atomic E-state index is 6.08. The third-order valence-corrected chi connectivity index (χ3v) is 6.37. The minimum absolute atomic E-state index is 0.107. The quantitative estimate of drug-likeness (QED) is 0.329. The van der Waals surface area contributed by atoms with E-state index < -0.39 is 0 Å². The van der Waals surface area contributed by atoms with Gasteiger partial charge in [-0.25, -0.2) is 0 Å². The first-order chi connectivity index (χ1) is 16.3. The number of rotatable bonds is 7. The van der Waals surface area contributed by atoms with E-state index in [4.69, 9.17) is 5.73 Å². The number of aromatic nitrogens is 3. The monoisotopic (exact) mass is 452 g/mol. The zero-order valence-corrected chi connectivity index (χ0v) is 21.0. The van der Waals surface area contributed by atoms with Gasteiger partial charge in [0, 0.05) is 16.8 Å². The lowest BCUT2D eigenvalue weighted by atomic mass is 9.86. The summed E-state index contributed by atoms with van der Waals surface area (Å²) >= 11 is 0. The molecule has 0 aliphatic carbocycles. The summed E-state index contributed by atoms with van der Waals surface area (Å²) in [5.41, 5.74) is 11.9. The van der Waals surface area contributed by atoms with Crippen molar-refractivity contribution in [2.24, 2.45) is 11.7 Å². The van der Waals surface area contributed by atoms with Gasteiger partial charge in [-0.3, -0.25) is 4.57 Å². The zero-order chi connectivity index (χ0) is 24.3. The Morgan fingerprint density at radius 2 is 1.29 bits per heavy atom. The third-order valence-electron chi connectivity index (χ3n) is 6.37. The van der Waals surface area contributed by atoms with Crippen LogP contribution in [0.1, 0.15) is 58.1 Å². The van der Waals surface area contributed by atoms with Gasteiger partial charge in [0.15, 0.2) is 11.6 Å². The van der Waals surface area contributed by atoms with Gasteiger partial charge in [-0.1, -0.05) is 101 Å². The summed E-state index contributed by atoms with van der Waals surface area (Å²) in [6.07, 6.45) is 1.09. The molecule has 0 bridgehead atoms. The van der Waals surface area contributed by atoms with E-state index in [1.807, 2.05) is 18.2 Å². The molecule has 4 heteroatoms. The molecule has 2 N–H and O–H groups in total. The Morgan fingerprint density at radius 1 is 0.765 bits per heavy atom. The number of benzene rings is 3. The maximum Gasteiger partial charge on any atom is 0.168 e. The second kappa shape index (κ2) is 9.94. The highest BCUT2D eigenvalue weighted by molar-refractivity contribution is 5.67. The molecule has 0 spiro atoms. The number of nitrogens with two attached hydrogens (primary N) is 1. The number of para-hydroxylation sites is 1. The molecule has 4 aromatic rings. The average molecular weight is 453 g/mol. The van der Waals surface area contributed by atoms with Crippen LogP contribution in [-0.4, -0.2) is 21.3 Å². The largest absolute Gasteiger partial charge is 0.330 e. The molecule has 0 amide bonds. The molecular formula is C30H36N4. The molecule has 4 rings (SSSR count). The molecule has 0 saturated heterocycles. The van der Waals surface area contributed by atoms with Gasteiger partial charge in [-0.05, 0) is 53.5 Å². The van der Waals surface area contributed by atoms with E-state index in [0.29, 0.717) is 18.4 Å². The van der Waals surface area contributed by atoms with Crippen molar-refractivity contribution in [3.05, 3.63) is 90.0 Å². The average Bonchev–Trinajstić information content (AvgIpc) is 3.28. The number of hydrogen-bond acceptors (Lipinski definition) is 3. The molecule has 0 aliphatic rings. The standard InChI is InChI=1S/C30H36N4/c1-21(2)19-25(20-31)22-11-13-23(14-12-22)28-32-33-29(34(28)27-9-7-6-8-10-27)24-15-17-26(18-16-24)30(3,4)5/h6-18,21,25H,19-20,31H2,1-5H3. The molecule has 1 atom stereocenters. The van der Waals surface area contributed by atoms with Crippen LogP contribution < -0.4 is 5.73 Å². The van der Waals surface area contributed by atoms with Crippen molar-refractivity contribution < 1.29 is 0 Å². The van der Waals surface area contributed by atoms with Crippen LogP contribution in [0.2, 0.25) is 0 Å². The highest BCUT2D eigenvalue weighted by Crippen LogP contribution is 2.31. The summed E-state index contributed by atoms with van der Waals surface area (Å²) in [4.78, 5) is 0. The van der Waals surface area contributed by atoms with Crippen molar-refractivity contribution in [3.63, 3.8) is 0 Å². The molecule has 34 heavy (non-hydrogen) atoms. The predicted octanol–water partition coefficient (Wildman–Crippen LogP) is 6.99. The third kappa shape index (κ3) is 5.13. The molecule has 1 aromatic heterocycles. The van der Waals surface area contributed by atoms with Gasteiger partial charge < -0.3 is 5.73 Å². The summed E-state index contributed by atoms with van der Waals surface area (Å²) in [5, 5.41) is 9.28. The SMILES string of the molecule is CC(C)CC(CN)c1ccc(-c2nnc(-c3ccc(C(C)(C)C)cc3)n2-c2ccccc2)cc1. The van der Waals surface area contributed by atoms with Crippen LogP contribution in [0.15, 0.2) is 78.9 Å². The van der Waals surface area contributed by atoms with Crippen molar-refractivity contribution >= 4 is 0 Å². The Morgan fingerprint density at radius 3 is 1.76 bits per heavy atom. The van der Waals surface area contributed by atoms with Gasteiger partial charge in [-0.15, -0.1) is 10.2 Å². The van der Waals surface area contributed by atoms with E-state index in [0.717, 1.165) is 34.9 Å². The van der Waals surface area contributed by atoms with Gasteiger partial charge >= 0.3 is 0 Å². The predicted molar refractivity (Wildman–Crippen MR) is 142 cm³/mol. The van der Waals surface area contributed by atoms with Crippen molar-refractivity contribution in [1.82, 2.24) is 14.8 Å². The lowest BCUT2D eigenvalue weighted by Gasteiger charge is -2.19. The summed E-state index contributed by atoms with van der Waals surface area (Å²) in [7, 11) is 0. The van der Waals surface area contributed by atoms with Crippen molar-refractivity contribution in [1.29, 1.82) is 0 Å². The van der Waals surface area contributed by atoms with Gasteiger partial charge in [0.1, 0.15) is 0 Å². The Labute approximate surface area is 203 Å². The Kier molecular flexibility index (Phi) is 6.99. The van der Waals surface area contributed by atoms with Crippen LogP contribution in [0.5, 0.6) is 0 Å². The molecule has 176 valence electrons. The van der Waals surface area contributed by atoms with Gasteiger partial charge in [0.2, 0.25) is 0 Å². The minimum atomic E-state index is 0.107. The molecule has 1 heterocycles. The van der Waals surface area contributed by atoms with Gasteiger partial charge in [0.25, 0.3) is 0 Å². The molecule has 4 nitrogen and oxygen atoms in total. The van der Waals surface area contributed by atoms with Crippen LogP contribution in [0.25, 0.3) is 28.5 Å². The van der Waals surface area contributed by atoms with Crippen LogP contribution in [-0.2, 0) is 5.41 Å². The second-order valence-electron chi connectivity index (χ2n) is 10.5. The molecule has 0 aliphatic heterocycles. The second-order valence-corrected chi connectivity index (χ2v) is 10.5. The lowest BCUT2D eigenvalue weighted by Crippen LogP contribution is -2.14. The Bertz CT molecular complexity index is 1200. The first kappa shape index (κ1) is 23.9. The fraction of sp³-hybridized carbons (Fsp3) is 0.333. The highest BCUT2D eigenvalue weighted by Gasteiger charge is 2.19. The van der Waals surface area contributed by atoms with E-state index in [1.54, 1.807) is 0 Å². The fourth-order valence-electron chi connectivity index (χ4n) is 4.44. The highest BCUT2D eigenvalue weighted by atomic mass is 15.3. The summed E-state index contributed by atoms with van der Waals surface area (Å²) in [6.45, 7) is 11.8. The van der Waals surface area contributed by atoms with Gasteiger partial charge in [0.05, 0.1) is 0 Å². The summed E-state index contributed by atoms with van der Waals surface area (Å²) in [5.74, 6) is 2.66. The first-order valence-corrected chi connectivity index (χ1v) is 12.2. The number of hydrogen-bond donors (Lipinski definition) is 1. The normalized spacial score (nSPS) is 12.8. The summed E-state index contributed by atoms with van der Waals surface area (Å²) < 4.78 is 2.15. The molecule has 0 saturated carbocycles. The van der Waals surface area contributed by atoms with Crippen molar-refractivity contribution in [2.75, 3.05) is 6.54 Å². The molecule has 3 aromatic carbocycles. The van der Waals surface area contributed by atoms with E-state index in [2.05, 4.69) is 110 Å². The first-order valence-electron chi connectivity index (χ1n) is 12.2. The Balaban J connectivity index is 1.77. The Hall–Kier alpha value is -3.24. The molecule has 0 fully saturated rings. The van der Waals surface area contributed by atoms with E-state index >= 15 is 0 Å².